The third-order valence-corrected chi connectivity index (χ3v) is 1.81. The number of hydrogen-bond acceptors (Lipinski definition) is 5. The van der Waals surface area contributed by atoms with E-state index in [1.54, 1.807) is 19.3 Å². The fourth-order valence-electron chi connectivity index (χ4n) is 0.916. The molecule has 0 spiro atoms. The fourth-order valence-corrected chi connectivity index (χ4v) is 0.916. The first-order chi connectivity index (χ1) is 7.04. The van der Waals surface area contributed by atoms with E-state index in [4.69, 9.17) is 10.3 Å². The number of hydrogen-bond donors (Lipinski definition) is 3. The zero-order valence-corrected chi connectivity index (χ0v) is 8.46. The molecule has 1 aromatic rings. The van der Waals surface area contributed by atoms with Gasteiger partial charge in [-0.05, 0) is 13.8 Å². The van der Waals surface area contributed by atoms with Crippen molar-refractivity contribution in [3.63, 3.8) is 0 Å². The van der Waals surface area contributed by atoms with Crippen LogP contribution in [0.4, 0.5) is 0 Å². The van der Waals surface area contributed by atoms with Crippen molar-refractivity contribution in [2.45, 2.75) is 20.4 Å². The largest absolute Gasteiger partial charge is 0.444 e. The second-order valence-electron chi connectivity index (χ2n) is 2.91. The van der Waals surface area contributed by atoms with Crippen LogP contribution in [0.1, 0.15) is 17.3 Å². The van der Waals surface area contributed by atoms with Crippen LogP contribution >= 0.6 is 0 Å². The van der Waals surface area contributed by atoms with Crippen LogP contribution in [-0.4, -0.2) is 16.8 Å². The number of carbonyl (C=O) groups excluding carboxylic acids is 2. The molecule has 0 fully saturated rings. The van der Waals surface area contributed by atoms with Gasteiger partial charge in [0.25, 0.3) is 0 Å². The average Bonchev–Trinajstić information content (AvgIpc) is 2.54. The van der Waals surface area contributed by atoms with Gasteiger partial charge in [-0.25, -0.2) is 10.8 Å². The van der Waals surface area contributed by atoms with Crippen molar-refractivity contribution in [3.05, 3.63) is 17.3 Å². The van der Waals surface area contributed by atoms with Gasteiger partial charge >= 0.3 is 11.8 Å². The summed E-state index contributed by atoms with van der Waals surface area (Å²) in [6.07, 6.45) is 0. The Bertz CT molecular complexity index is 366. The minimum absolute atomic E-state index is 0.0565. The molecular formula is C8H12N4O3. The van der Waals surface area contributed by atoms with Gasteiger partial charge in [0.2, 0.25) is 5.89 Å². The Labute approximate surface area is 86.0 Å². The smallest absolute Gasteiger partial charge is 0.323 e. The predicted molar refractivity (Wildman–Crippen MR) is 50.2 cm³/mol. The molecule has 7 nitrogen and oxygen atoms in total. The van der Waals surface area contributed by atoms with E-state index in [1.807, 2.05) is 0 Å². The summed E-state index contributed by atoms with van der Waals surface area (Å²) < 4.78 is 5.19. The molecule has 4 N–H and O–H groups in total. The summed E-state index contributed by atoms with van der Waals surface area (Å²) in [7, 11) is 0. The number of aryl methyl sites for hydroxylation is 2. The van der Waals surface area contributed by atoms with Crippen LogP contribution in [0.5, 0.6) is 0 Å². The SMILES string of the molecule is Cc1nc(CNC(=O)C(=O)NN)oc1C. The van der Waals surface area contributed by atoms with Gasteiger partial charge in [0.05, 0.1) is 12.2 Å². The van der Waals surface area contributed by atoms with Gasteiger partial charge in [0, 0.05) is 0 Å². The van der Waals surface area contributed by atoms with Crippen LogP contribution < -0.4 is 16.6 Å². The maximum absolute atomic E-state index is 11.0. The Balaban J connectivity index is 2.50. The summed E-state index contributed by atoms with van der Waals surface area (Å²) in [5.41, 5.74) is 2.47. The van der Waals surface area contributed by atoms with Crippen molar-refractivity contribution in [3.8, 4) is 0 Å². The first-order valence-electron chi connectivity index (χ1n) is 4.26. The monoisotopic (exact) mass is 212 g/mol. The molecule has 0 aliphatic heterocycles. The van der Waals surface area contributed by atoms with Gasteiger partial charge in [0.15, 0.2) is 0 Å². The predicted octanol–water partition coefficient (Wildman–Crippen LogP) is -1.10. The number of carbonyl (C=O) groups is 2. The van der Waals surface area contributed by atoms with E-state index < -0.39 is 11.8 Å². The minimum atomic E-state index is -0.907. The van der Waals surface area contributed by atoms with Crippen molar-refractivity contribution in [2.24, 2.45) is 5.84 Å². The molecule has 0 saturated carbocycles. The number of nitrogens with one attached hydrogen (secondary N) is 2. The molecule has 0 aliphatic carbocycles. The summed E-state index contributed by atoms with van der Waals surface area (Å²) in [4.78, 5) is 25.7. The lowest BCUT2D eigenvalue weighted by atomic mass is 10.4. The molecule has 1 rings (SSSR count). The molecular weight excluding hydrogens is 200 g/mol. The highest BCUT2D eigenvalue weighted by atomic mass is 16.4. The summed E-state index contributed by atoms with van der Waals surface area (Å²) in [5, 5.41) is 2.30. The molecule has 0 bridgehead atoms. The number of oxazole rings is 1. The Morgan fingerprint density at radius 1 is 1.40 bits per heavy atom. The van der Waals surface area contributed by atoms with E-state index in [0.29, 0.717) is 11.7 Å². The number of aromatic nitrogens is 1. The Hall–Kier alpha value is -1.89. The quantitative estimate of drug-likeness (QED) is 0.249. The van der Waals surface area contributed by atoms with E-state index in [2.05, 4.69) is 10.3 Å². The fraction of sp³-hybridized carbons (Fsp3) is 0.375. The highest BCUT2D eigenvalue weighted by Crippen LogP contribution is 2.07. The highest BCUT2D eigenvalue weighted by Gasteiger charge is 2.12. The molecule has 0 unspecified atom stereocenters. The molecule has 1 heterocycles. The van der Waals surface area contributed by atoms with Crippen molar-refractivity contribution >= 4 is 11.8 Å². The van der Waals surface area contributed by atoms with Crippen molar-refractivity contribution in [2.75, 3.05) is 0 Å². The lowest BCUT2D eigenvalue weighted by molar-refractivity contribution is -0.139. The van der Waals surface area contributed by atoms with Crippen LogP contribution in [0.25, 0.3) is 0 Å². The number of nitrogens with zero attached hydrogens (tertiary/aromatic N) is 1. The first kappa shape index (κ1) is 11.2. The number of rotatable bonds is 2. The Kier molecular flexibility index (Phi) is 3.40. The Morgan fingerprint density at radius 2 is 2.07 bits per heavy atom. The minimum Gasteiger partial charge on any atom is -0.444 e. The van der Waals surface area contributed by atoms with Gasteiger partial charge in [-0.1, -0.05) is 0 Å². The van der Waals surface area contributed by atoms with Gasteiger partial charge in [0.1, 0.15) is 5.76 Å². The zero-order chi connectivity index (χ0) is 11.4. The molecule has 2 amide bonds. The second-order valence-corrected chi connectivity index (χ2v) is 2.91. The normalized spacial score (nSPS) is 9.80. The van der Waals surface area contributed by atoms with Crippen LogP contribution in [0.3, 0.4) is 0 Å². The van der Waals surface area contributed by atoms with Gasteiger partial charge in [-0.3, -0.25) is 15.0 Å². The number of nitrogens with two attached hydrogens (primary N) is 1. The molecule has 0 atom stereocenters. The second kappa shape index (κ2) is 4.56. The van der Waals surface area contributed by atoms with Crippen molar-refractivity contribution in [1.29, 1.82) is 0 Å². The van der Waals surface area contributed by atoms with Crippen LogP contribution in [0.15, 0.2) is 4.42 Å². The van der Waals surface area contributed by atoms with Crippen LogP contribution in [-0.2, 0) is 16.1 Å². The lowest BCUT2D eigenvalue weighted by Crippen LogP contribution is -2.42. The number of hydrazine groups is 1. The third kappa shape index (κ3) is 2.78. The third-order valence-electron chi connectivity index (χ3n) is 1.81. The summed E-state index contributed by atoms with van der Waals surface area (Å²) in [5.74, 6) is 4.07. The highest BCUT2D eigenvalue weighted by molar-refractivity contribution is 6.34. The van der Waals surface area contributed by atoms with E-state index in [9.17, 15) is 9.59 Å². The molecule has 7 heteroatoms. The van der Waals surface area contributed by atoms with Crippen molar-refractivity contribution in [1.82, 2.24) is 15.7 Å². The maximum atomic E-state index is 11.0. The summed E-state index contributed by atoms with van der Waals surface area (Å²) >= 11 is 0. The van der Waals surface area contributed by atoms with Crippen LogP contribution in [0, 0.1) is 13.8 Å². The molecule has 15 heavy (non-hydrogen) atoms. The molecule has 0 radical (unpaired) electrons. The first-order valence-corrected chi connectivity index (χ1v) is 4.26. The molecule has 82 valence electrons. The van der Waals surface area contributed by atoms with Gasteiger partial charge < -0.3 is 9.73 Å². The molecule has 0 aromatic carbocycles. The summed E-state index contributed by atoms with van der Waals surface area (Å²) in [6.45, 7) is 3.61. The van der Waals surface area contributed by atoms with E-state index >= 15 is 0 Å². The van der Waals surface area contributed by atoms with Crippen molar-refractivity contribution < 1.29 is 14.0 Å². The standard InChI is InChI=1S/C8H12N4O3/c1-4-5(2)15-6(11-4)3-10-7(13)8(14)12-9/h3,9H2,1-2H3,(H,10,13)(H,12,14). The Morgan fingerprint density at radius 3 is 2.53 bits per heavy atom. The number of amides is 2. The van der Waals surface area contributed by atoms with E-state index in [0.717, 1.165) is 5.69 Å². The van der Waals surface area contributed by atoms with Gasteiger partial charge in [-0.2, -0.15) is 0 Å². The lowest BCUT2D eigenvalue weighted by Gasteiger charge is -1.99. The zero-order valence-electron chi connectivity index (χ0n) is 8.46. The van der Waals surface area contributed by atoms with E-state index in [1.165, 1.54) is 0 Å². The molecule has 0 aliphatic rings. The van der Waals surface area contributed by atoms with Crippen LogP contribution in [0.2, 0.25) is 0 Å². The maximum Gasteiger partial charge on any atom is 0.323 e. The summed E-state index contributed by atoms with van der Waals surface area (Å²) in [6, 6.07) is 0. The molecule has 1 aromatic heterocycles. The topological polar surface area (TPSA) is 110 Å². The van der Waals surface area contributed by atoms with E-state index in [-0.39, 0.29) is 6.54 Å². The average molecular weight is 212 g/mol. The van der Waals surface area contributed by atoms with Gasteiger partial charge in [-0.15, -0.1) is 0 Å². The molecule has 0 saturated heterocycles.